The van der Waals surface area contributed by atoms with Crippen LogP contribution in [0.5, 0.6) is 5.75 Å². The summed E-state index contributed by atoms with van der Waals surface area (Å²) >= 11 is 1.48. The third kappa shape index (κ3) is 5.30. The van der Waals surface area contributed by atoms with Crippen molar-refractivity contribution in [1.29, 1.82) is 0 Å². The predicted molar refractivity (Wildman–Crippen MR) is 131 cm³/mol. The van der Waals surface area contributed by atoms with Crippen molar-refractivity contribution in [2.45, 2.75) is 58.6 Å². The monoisotopic (exact) mass is 482 g/mol. The van der Waals surface area contributed by atoms with Gasteiger partial charge in [-0.05, 0) is 46.1 Å². The third-order valence-corrected chi connectivity index (χ3v) is 6.55. The van der Waals surface area contributed by atoms with E-state index in [0.717, 1.165) is 17.7 Å². The molecule has 3 heterocycles. The summed E-state index contributed by atoms with van der Waals surface area (Å²) < 4.78 is 10.9. The number of thiazole rings is 1. The van der Waals surface area contributed by atoms with E-state index in [1.807, 2.05) is 27.0 Å². The van der Waals surface area contributed by atoms with Crippen LogP contribution in [0.1, 0.15) is 61.5 Å². The molecule has 9 heteroatoms. The smallest absolute Gasteiger partial charge is 0.410 e. The summed E-state index contributed by atoms with van der Waals surface area (Å²) in [6.07, 6.45) is 3.62. The van der Waals surface area contributed by atoms with Gasteiger partial charge in [-0.2, -0.15) is 0 Å². The third-order valence-electron chi connectivity index (χ3n) is 5.55. The molecule has 0 bridgehead atoms. The fraction of sp³-hybridized carbons (Fsp3) is 0.440. The summed E-state index contributed by atoms with van der Waals surface area (Å²) in [5, 5.41) is 0.605. The number of rotatable bonds is 5. The number of methoxy groups -OCH3 is 1. The minimum atomic E-state index is -0.606. The van der Waals surface area contributed by atoms with Gasteiger partial charge in [0.1, 0.15) is 22.1 Å². The topological polar surface area (TPSA) is 97.4 Å². The standard InChI is InChI=1S/C25H30N4O4S/c1-15-8-10-16(11-9-15)13-17-14-26-23(34-17)19-20(32-5)22(30)28-21(27-19)18-7-6-12-29(18)24(31)33-25(2,3)4/h8-11,14,18H,6-7,12-13H2,1-5H3,(H,27,28,30)/t18-/m1/s1. The number of aromatic nitrogens is 3. The van der Waals surface area contributed by atoms with Crippen molar-refractivity contribution in [2.24, 2.45) is 0 Å². The molecule has 0 saturated carbocycles. The van der Waals surface area contributed by atoms with Gasteiger partial charge in [0.15, 0.2) is 0 Å². The number of hydrogen-bond donors (Lipinski definition) is 1. The molecule has 1 aliphatic heterocycles. The molecule has 1 amide bonds. The highest BCUT2D eigenvalue weighted by atomic mass is 32.1. The molecule has 1 N–H and O–H groups in total. The van der Waals surface area contributed by atoms with Crippen LogP contribution in [-0.2, 0) is 11.2 Å². The Morgan fingerprint density at radius 1 is 1.26 bits per heavy atom. The number of carbonyl (C=O) groups excluding carboxylic acids is 1. The molecule has 3 aromatic rings. The molecule has 4 rings (SSSR count). The summed E-state index contributed by atoms with van der Waals surface area (Å²) in [4.78, 5) is 40.4. The summed E-state index contributed by atoms with van der Waals surface area (Å²) in [5.41, 5.74) is 1.79. The van der Waals surface area contributed by atoms with E-state index >= 15 is 0 Å². The molecular weight excluding hydrogens is 452 g/mol. The quantitative estimate of drug-likeness (QED) is 0.557. The predicted octanol–water partition coefficient (Wildman–Crippen LogP) is 4.87. The number of amides is 1. The molecule has 1 aromatic carbocycles. The van der Waals surface area contributed by atoms with Crippen LogP contribution in [0.4, 0.5) is 4.79 Å². The molecule has 1 aliphatic rings. The Labute approximate surface area is 203 Å². The van der Waals surface area contributed by atoms with Crippen LogP contribution in [-0.4, -0.2) is 45.2 Å². The van der Waals surface area contributed by atoms with Crippen molar-refractivity contribution in [3.63, 3.8) is 0 Å². The molecule has 1 fully saturated rings. The number of carbonyl (C=O) groups is 1. The first kappa shape index (κ1) is 23.9. The Kier molecular flexibility index (Phi) is 6.74. The van der Waals surface area contributed by atoms with Crippen molar-refractivity contribution in [3.05, 3.63) is 62.6 Å². The normalized spacial score (nSPS) is 16.0. The van der Waals surface area contributed by atoms with E-state index in [0.29, 0.717) is 29.5 Å². The van der Waals surface area contributed by atoms with Gasteiger partial charge in [0.05, 0.1) is 13.2 Å². The minimum Gasteiger partial charge on any atom is -0.489 e. The first-order valence-electron chi connectivity index (χ1n) is 11.3. The van der Waals surface area contributed by atoms with Crippen molar-refractivity contribution < 1.29 is 14.3 Å². The van der Waals surface area contributed by atoms with Gasteiger partial charge in [-0.1, -0.05) is 29.8 Å². The lowest BCUT2D eigenvalue weighted by atomic mass is 10.1. The molecule has 0 spiro atoms. The van der Waals surface area contributed by atoms with E-state index in [1.54, 1.807) is 4.90 Å². The maximum atomic E-state index is 12.9. The van der Waals surface area contributed by atoms with Gasteiger partial charge in [-0.15, -0.1) is 11.3 Å². The Hall–Kier alpha value is -3.20. The molecule has 8 nitrogen and oxygen atoms in total. The van der Waals surface area contributed by atoms with Gasteiger partial charge < -0.3 is 14.5 Å². The average Bonchev–Trinajstić information content (AvgIpc) is 3.43. The maximum absolute atomic E-state index is 12.9. The van der Waals surface area contributed by atoms with E-state index in [-0.39, 0.29) is 11.8 Å². The van der Waals surface area contributed by atoms with Gasteiger partial charge >= 0.3 is 6.09 Å². The molecule has 34 heavy (non-hydrogen) atoms. The number of ether oxygens (including phenoxy) is 2. The van der Waals surface area contributed by atoms with Gasteiger partial charge in [-0.3, -0.25) is 9.69 Å². The van der Waals surface area contributed by atoms with E-state index in [1.165, 1.54) is 29.6 Å². The van der Waals surface area contributed by atoms with Crippen molar-refractivity contribution in [2.75, 3.05) is 13.7 Å². The average molecular weight is 483 g/mol. The Bertz CT molecular complexity index is 1230. The molecule has 0 unspecified atom stereocenters. The van der Waals surface area contributed by atoms with Crippen LogP contribution < -0.4 is 10.3 Å². The Morgan fingerprint density at radius 2 is 2.00 bits per heavy atom. The number of aryl methyl sites for hydroxylation is 1. The highest BCUT2D eigenvalue weighted by Crippen LogP contribution is 2.35. The second kappa shape index (κ2) is 9.58. The van der Waals surface area contributed by atoms with E-state index < -0.39 is 17.3 Å². The fourth-order valence-corrected chi connectivity index (χ4v) is 4.90. The minimum absolute atomic E-state index is 0.113. The van der Waals surface area contributed by atoms with Crippen LogP contribution in [0.25, 0.3) is 10.7 Å². The molecule has 1 saturated heterocycles. The number of nitrogens with one attached hydrogen (secondary N) is 1. The van der Waals surface area contributed by atoms with Gasteiger partial charge in [0, 0.05) is 24.0 Å². The molecule has 0 aliphatic carbocycles. The number of benzene rings is 1. The lowest BCUT2D eigenvalue weighted by Crippen LogP contribution is -2.37. The SMILES string of the molecule is COc1c(-c2ncc(Cc3ccc(C)cc3)s2)nc([C@H]2CCCN2C(=O)OC(C)(C)C)[nH]c1=O. The van der Waals surface area contributed by atoms with Crippen molar-refractivity contribution in [1.82, 2.24) is 19.9 Å². The number of likely N-dealkylation sites (tertiary alicyclic amines) is 1. The highest BCUT2D eigenvalue weighted by molar-refractivity contribution is 7.15. The van der Waals surface area contributed by atoms with Crippen LogP contribution >= 0.6 is 11.3 Å². The van der Waals surface area contributed by atoms with E-state index in [9.17, 15) is 9.59 Å². The van der Waals surface area contributed by atoms with Crippen LogP contribution in [0.15, 0.2) is 35.3 Å². The second-order valence-electron chi connectivity index (χ2n) is 9.46. The molecule has 1 atom stereocenters. The molecule has 180 valence electrons. The summed E-state index contributed by atoms with van der Waals surface area (Å²) in [7, 11) is 1.44. The molecular formula is C25H30N4O4S. The lowest BCUT2D eigenvalue weighted by molar-refractivity contribution is 0.0218. The van der Waals surface area contributed by atoms with Crippen LogP contribution in [0.3, 0.4) is 0 Å². The van der Waals surface area contributed by atoms with Crippen molar-refractivity contribution >= 4 is 17.4 Å². The largest absolute Gasteiger partial charge is 0.489 e. The highest BCUT2D eigenvalue weighted by Gasteiger charge is 2.35. The molecule has 2 aromatic heterocycles. The number of H-pyrrole nitrogens is 1. The Balaban J connectivity index is 1.65. The van der Waals surface area contributed by atoms with Crippen LogP contribution in [0.2, 0.25) is 0 Å². The summed E-state index contributed by atoms with van der Waals surface area (Å²) in [5.74, 6) is 0.529. The van der Waals surface area contributed by atoms with E-state index in [2.05, 4.69) is 41.2 Å². The summed E-state index contributed by atoms with van der Waals surface area (Å²) in [6, 6.07) is 8.00. The zero-order chi connectivity index (χ0) is 24.5. The zero-order valence-electron chi connectivity index (χ0n) is 20.2. The fourth-order valence-electron chi connectivity index (χ4n) is 3.97. The molecule has 0 radical (unpaired) electrons. The zero-order valence-corrected chi connectivity index (χ0v) is 21.0. The lowest BCUT2D eigenvalue weighted by Gasteiger charge is -2.28. The number of hydrogen-bond acceptors (Lipinski definition) is 7. The van der Waals surface area contributed by atoms with Gasteiger partial charge in [0.25, 0.3) is 5.56 Å². The van der Waals surface area contributed by atoms with E-state index in [4.69, 9.17) is 14.5 Å². The maximum Gasteiger partial charge on any atom is 0.410 e. The summed E-state index contributed by atoms with van der Waals surface area (Å²) in [6.45, 7) is 8.10. The second-order valence-corrected chi connectivity index (χ2v) is 10.6. The van der Waals surface area contributed by atoms with Crippen molar-refractivity contribution in [3.8, 4) is 16.5 Å². The first-order valence-corrected chi connectivity index (χ1v) is 12.1. The van der Waals surface area contributed by atoms with Crippen LogP contribution in [0, 0.1) is 6.92 Å². The number of nitrogens with zero attached hydrogens (tertiary/aromatic N) is 3. The first-order chi connectivity index (χ1) is 16.1. The Morgan fingerprint density at radius 3 is 2.68 bits per heavy atom. The van der Waals surface area contributed by atoms with Gasteiger partial charge in [0.2, 0.25) is 5.75 Å². The van der Waals surface area contributed by atoms with Gasteiger partial charge in [-0.25, -0.2) is 14.8 Å². The number of aromatic amines is 1.